The summed E-state index contributed by atoms with van der Waals surface area (Å²) in [6.07, 6.45) is 1.98. The van der Waals surface area contributed by atoms with Crippen molar-refractivity contribution in [3.8, 4) is 17.2 Å². The van der Waals surface area contributed by atoms with Crippen LogP contribution in [0.5, 0.6) is 17.2 Å². The van der Waals surface area contributed by atoms with E-state index in [1.54, 1.807) is 37.7 Å². The number of para-hydroxylation sites is 1. The van der Waals surface area contributed by atoms with Crippen molar-refractivity contribution in [2.45, 2.75) is 18.8 Å². The Morgan fingerprint density at radius 3 is 2.59 bits per heavy atom. The molecule has 1 atom stereocenters. The molecule has 1 aliphatic rings. The molecule has 1 aliphatic heterocycles. The number of amides is 1. The third kappa shape index (κ3) is 3.62. The summed E-state index contributed by atoms with van der Waals surface area (Å²) in [6, 6.07) is 11.6. The predicted molar refractivity (Wildman–Crippen MR) is 114 cm³/mol. The number of carbonyl (C=O) groups is 1. The molecule has 3 aromatic rings. The number of hydrogen-bond acceptors (Lipinski definition) is 6. The second kappa shape index (κ2) is 8.29. The Morgan fingerprint density at radius 1 is 1.07 bits per heavy atom. The van der Waals surface area contributed by atoms with E-state index < -0.39 is 0 Å². The number of ether oxygens (including phenoxy) is 3. The largest absolute Gasteiger partial charge is 0.493 e. The average molecular weight is 413 g/mol. The maximum absolute atomic E-state index is 13.3. The molecule has 1 amide bonds. The van der Waals surface area contributed by atoms with E-state index >= 15 is 0 Å². The third-order valence-corrected chi connectivity index (χ3v) is 6.50. The van der Waals surface area contributed by atoms with Crippen molar-refractivity contribution in [1.82, 2.24) is 9.88 Å². The fourth-order valence-electron chi connectivity index (χ4n) is 3.87. The highest BCUT2D eigenvalue weighted by molar-refractivity contribution is 7.18. The molecule has 0 saturated carbocycles. The Kier molecular flexibility index (Phi) is 5.58. The number of rotatable bonds is 5. The number of aromatic nitrogens is 1. The Hall–Kier alpha value is -2.80. The van der Waals surface area contributed by atoms with Crippen LogP contribution >= 0.6 is 11.3 Å². The normalized spacial score (nSPS) is 16.7. The summed E-state index contributed by atoms with van der Waals surface area (Å²) >= 11 is 1.72. The van der Waals surface area contributed by atoms with Gasteiger partial charge in [0.1, 0.15) is 0 Å². The second-order valence-electron chi connectivity index (χ2n) is 6.99. The minimum absolute atomic E-state index is 0.0615. The van der Waals surface area contributed by atoms with Gasteiger partial charge in [0, 0.05) is 19.0 Å². The van der Waals surface area contributed by atoms with Crippen LogP contribution in [-0.4, -0.2) is 50.2 Å². The van der Waals surface area contributed by atoms with Crippen LogP contribution in [0.25, 0.3) is 10.2 Å². The highest BCUT2D eigenvalue weighted by Crippen LogP contribution is 2.41. The number of thiazole rings is 1. The topological polar surface area (TPSA) is 60.9 Å². The van der Waals surface area contributed by atoms with Crippen LogP contribution in [0.1, 0.15) is 34.1 Å². The molecule has 1 unspecified atom stereocenters. The molecular weight excluding hydrogens is 388 g/mol. The molecule has 4 rings (SSSR count). The van der Waals surface area contributed by atoms with Gasteiger partial charge in [0.25, 0.3) is 5.91 Å². The van der Waals surface area contributed by atoms with Crippen molar-refractivity contribution in [1.29, 1.82) is 0 Å². The van der Waals surface area contributed by atoms with Crippen molar-refractivity contribution < 1.29 is 19.0 Å². The van der Waals surface area contributed by atoms with Gasteiger partial charge >= 0.3 is 0 Å². The van der Waals surface area contributed by atoms with E-state index in [2.05, 4.69) is 6.07 Å². The zero-order valence-electron chi connectivity index (χ0n) is 16.8. The monoisotopic (exact) mass is 412 g/mol. The summed E-state index contributed by atoms with van der Waals surface area (Å²) < 4.78 is 17.5. The van der Waals surface area contributed by atoms with Crippen LogP contribution in [0.15, 0.2) is 36.4 Å². The average Bonchev–Trinajstić information content (AvgIpc) is 3.22. The fourth-order valence-corrected chi connectivity index (χ4v) is 4.96. The zero-order valence-corrected chi connectivity index (χ0v) is 17.6. The van der Waals surface area contributed by atoms with Crippen LogP contribution in [0, 0.1) is 0 Å². The number of fused-ring (bicyclic) bond motifs is 1. The molecule has 0 radical (unpaired) electrons. The van der Waals surface area contributed by atoms with E-state index in [4.69, 9.17) is 19.2 Å². The molecule has 1 aromatic heterocycles. The molecular formula is C22H24N2O4S. The smallest absolute Gasteiger partial charge is 0.257 e. The van der Waals surface area contributed by atoms with E-state index in [9.17, 15) is 4.79 Å². The van der Waals surface area contributed by atoms with Gasteiger partial charge in [0.05, 0.1) is 42.1 Å². The molecule has 0 bridgehead atoms. The van der Waals surface area contributed by atoms with Crippen molar-refractivity contribution in [3.63, 3.8) is 0 Å². The van der Waals surface area contributed by atoms with Crippen LogP contribution in [-0.2, 0) is 0 Å². The summed E-state index contributed by atoms with van der Waals surface area (Å²) in [5.74, 6) is 1.55. The lowest BCUT2D eigenvalue weighted by atomic mass is 9.97. The van der Waals surface area contributed by atoms with Crippen LogP contribution in [0.3, 0.4) is 0 Å². The lowest BCUT2D eigenvalue weighted by Gasteiger charge is -2.32. The lowest BCUT2D eigenvalue weighted by Crippen LogP contribution is -2.39. The van der Waals surface area contributed by atoms with Gasteiger partial charge in [0.2, 0.25) is 5.75 Å². The minimum atomic E-state index is -0.0615. The molecule has 0 aliphatic carbocycles. The first-order valence-electron chi connectivity index (χ1n) is 9.60. The first kappa shape index (κ1) is 19.5. The van der Waals surface area contributed by atoms with Crippen molar-refractivity contribution in [3.05, 3.63) is 47.0 Å². The third-order valence-electron chi connectivity index (χ3n) is 5.30. The van der Waals surface area contributed by atoms with Gasteiger partial charge in [0.15, 0.2) is 11.5 Å². The molecule has 2 heterocycles. The zero-order chi connectivity index (χ0) is 20.4. The number of nitrogens with zero attached hydrogens (tertiary/aromatic N) is 2. The van der Waals surface area contributed by atoms with Gasteiger partial charge in [-0.3, -0.25) is 4.79 Å². The highest BCUT2D eigenvalue weighted by atomic mass is 32.1. The lowest BCUT2D eigenvalue weighted by molar-refractivity contribution is 0.0703. The number of piperidine rings is 1. The van der Waals surface area contributed by atoms with E-state index in [0.29, 0.717) is 29.4 Å². The minimum Gasteiger partial charge on any atom is -0.493 e. The Morgan fingerprint density at radius 2 is 1.86 bits per heavy atom. The molecule has 7 heteroatoms. The molecule has 2 aromatic carbocycles. The first-order valence-corrected chi connectivity index (χ1v) is 10.4. The second-order valence-corrected chi connectivity index (χ2v) is 8.05. The molecule has 0 N–H and O–H groups in total. The van der Waals surface area contributed by atoms with E-state index in [-0.39, 0.29) is 11.8 Å². The Bertz CT molecular complexity index is 1000. The summed E-state index contributed by atoms with van der Waals surface area (Å²) in [5.41, 5.74) is 1.51. The molecule has 1 saturated heterocycles. The maximum atomic E-state index is 13.3. The standard InChI is InChI=1S/C22H24N2O4S/c1-26-17-11-10-15(19(27-2)20(17)28-3)22(25)24-12-6-7-14(13-24)21-23-16-8-4-5-9-18(16)29-21/h4-5,8-11,14H,6-7,12-13H2,1-3H3. The maximum Gasteiger partial charge on any atom is 0.257 e. The van der Waals surface area contributed by atoms with Crippen LogP contribution in [0.4, 0.5) is 0 Å². The molecule has 0 spiro atoms. The van der Waals surface area contributed by atoms with E-state index in [1.807, 2.05) is 23.1 Å². The van der Waals surface area contributed by atoms with Crippen LogP contribution in [0.2, 0.25) is 0 Å². The SMILES string of the molecule is COc1ccc(C(=O)N2CCCC(c3nc4ccccc4s3)C2)c(OC)c1OC. The van der Waals surface area contributed by atoms with Gasteiger partial charge in [-0.2, -0.15) is 0 Å². The van der Waals surface area contributed by atoms with Gasteiger partial charge < -0.3 is 19.1 Å². The fraction of sp³-hybridized carbons (Fsp3) is 0.364. The van der Waals surface area contributed by atoms with Crippen molar-refractivity contribution >= 4 is 27.5 Å². The quantitative estimate of drug-likeness (QED) is 0.624. The number of carbonyl (C=O) groups excluding carboxylic acids is 1. The summed E-state index contributed by atoms with van der Waals surface area (Å²) in [5, 5.41) is 1.10. The summed E-state index contributed by atoms with van der Waals surface area (Å²) in [4.78, 5) is 20.0. The van der Waals surface area contributed by atoms with E-state index in [1.165, 1.54) is 11.8 Å². The van der Waals surface area contributed by atoms with Crippen LogP contribution < -0.4 is 14.2 Å². The van der Waals surface area contributed by atoms with Crippen molar-refractivity contribution in [2.75, 3.05) is 34.4 Å². The number of methoxy groups -OCH3 is 3. The van der Waals surface area contributed by atoms with Crippen molar-refractivity contribution in [2.24, 2.45) is 0 Å². The first-order chi connectivity index (χ1) is 14.2. The molecule has 29 heavy (non-hydrogen) atoms. The number of likely N-dealkylation sites (tertiary alicyclic amines) is 1. The predicted octanol–water partition coefficient (Wildman–Crippen LogP) is 4.34. The van der Waals surface area contributed by atoms with Gasteiger partial charge in [-0.25, -0.2) is 4.98 Å². The summed E-state index contributed by atoms with van der Waals surface area (Å²) in [7, 11) is 4.64. The molecule has 1 fully saturated rings. The Balaban J connectivity index is 1.60. The number of benzene rings is 2. The van der Waals surface area contributed by atoms with E-state index in [0.717, 1.165) is 29.9 Å². The summed E-state index contributed by atoms with van der Waals surface area (Å²) in [6.45, 7) is 1.37. The van der Waals surface area contributed by atoms with Gasteiger partial charge in [-0.1, -0.05) is 12.1 Å². The Labute approximate surface area is 174 Å². The van der Waals surface area contributed by atoms with Gasteiger partial charge in [-0.15, -0.1) is 11.3 Å². The highest BCUT2D eigenvalue weighted by Gasteiger charge is 2.30. The number of hydrogen-bond donors (Lipinski definition) is 0. The molecule has 6 nitrogen and oxygen atoms in total. The van der Waals surface area contributed by atoms with Gasteiger partial charge in [-0.05, 0) is 37.1 Å². The molecule has 152 valence electrons.